The Kier molecular flexibility index (Phi) is 6.87. The number of anilines is 1. The molecular weight excluding hydrogens is 308 g/mol. The number of halogens is 1. The van der Waals surface area contributed by atoms with Crippen LogP contribution in [0, 0.1) is 6.92 Å². The molecule has 1 amide bonds. The van der Waals surface area contributed by atoms with Crippen molar-refractivity contribution in [1.82, 2.24) is 5.32 Å². The Morgan fingerprint density at radius 3 is 2.84 bits per heavy atom. The van der Waals surface area contributed by atoms with E-state index in [1.165, 1.54) is 5.56 Å². The minimum atomic E-state index is -0.267. The SMILES string of the molecule is COCCCNC(=O)C(C)Nc1ccc(C)c(Br)c1. The van der Waals surface area contributed by atoms with E-state index in [1.54, 1.807) is 7.11 Å². The number of rotatable bonds is 7. The molecule has 0 bridgehead atoms. The van der Waals surface area contributed by atoms with E-state index in [4.69, 9.17) is 4.74 Å². The fourth-order valence-corrected chi connectivity index (χ4v) is 1.96. The third-order valence-corrected chi connectivity index (χ3v) is 3.63. The number of carbonyl (C=O) groups is 1. The topological polar surface area (TPSA) is 50.4 Å². The first-order chi connectivity index (χ1) is 9.04. The van der Waals surface area contributed by atoms with Crippen LogP contribution < -0.4 is 10.6 Å². The molecule has 19 heavy (non-hydrogen) atoms. The zero-order valence-corrected chi connectivity index (χ0v) is 13.2. The Balaban J connectivity index is 2.42. The van der Waals surface area contributed by atoms with E-state index in [-0.39, 0.29) is 11.9 Å². The van der Waals surface area contributed by atoms with Crippen molar-refractivity contribution in [3.8, 4) is 0 Å². The molecule has 0 saturated carbocycles. The van der Waals surface area contributed by atoms with Crippen molar-refractivity contribution < 1.29 is 9.53 Å². The summed E-state index contributed by atoms with van der Waals surface area (Å²) in [6.07, 6.45) is 0.824. The highest BCUT2D eigenvalue weighted by molar-refractivity contribution is 9.10. The first-order valence-corrected chi connectivity index (χ1v) is 7.13. The lowest BCUT2D eigenvalue weighted by Crippen LogP contribution is -2.38. The van der Waals surface area contributed by atoms with E-state index in [1.807, 2.05) is 32.0 Å². The van der Waals surface area contributed by atoms with Crippen LogP contribution in [0.4, 0.5) is 5.69 Å². The minimum absolute atomic E-state index is 0.00667. The van der Waals surface area contributed by atoms with E-state index in [9.17, 15) is 4.79 Å². The Morgan fingerprint density at radius 2 is 2.21 bits per heavy atom. The number of carbonyl (C=O) groups excluding carboxylic acids is 1. The van der Waals surface area contributed by atoms with Gasteiger partial charge in [0, 0.05) is 30.4 Å². The molecule has 0 heterocycles. The first kappa shape index (κ1) is 16.0. The standard InChI is InChI=1S/C14H21BrN2O2/c1-10-5-6-12(9-13(10)15)17-11(2)14(18)16-7-4-8-19-3/h5-6,9,11,17H,4,7-8H2,1-3H3,(H,16,18). The van der Waals surface area contributed by atoms with Gasteiger partial charge in [0.05, 0.1) is 0 Å². The van der Waals surface area contributed by atoms with Crippen molar-refractivity contribution in [2.75, 3.05) is 25.6 Å². The number of nitrogens with one attached hydrogen (secondary N) is 2. The lowest BCUT2D eigenvalue weighted by Gasteiger charge is -2.15. The van der Waals surface area contributed by atoms with Gasteiger partial charge < -0.3 is 15.4 Å². The maximum Gasteiger partial charge on any atom is 0.242 e. The molecule has 1 aromatic carbocycles. The average molecular weight is 329 g/mol. The van der Waals surface area contributed by atoms with Gasteiger partial charge in [0.15, 0.2) is 0 Å². The largest absolute Gasteiger partial charge is 0.385 e. The van der Waals surface area contributed by atoms with Crippen LogP contribution in [-0.4, -0.2) is 32.2 Å². The number of benzene rings is 1. The predicted octanol–water partition coefficient (Wildman–Crippen LogP) is 2.71. The molecule has 0 aliphatic rings. The van der Waals surface area contributed by atoms with E-state index in [2.05, 4.69) is 26.6 Å². The zero-order chi connectivity index (χ0) is 14.3. The molecule has 4 nitrogen and oxygen atoms in total. The Bertz CT molecular complexity index is 424. The summed E-state index contributed by atoms with van der Waals surface area (Å²) in [6.45, 7) is 5.17. The lowest BCUT2D eigenvalue weighted by atomic mass is 10.2. The summed E-state index contributed by atoms with van der Waals surface area (Å²) in [5, 5.41) is 6.05. The lowest BCUT2D eigenvalue weighted by molar-refractivity contribution is -0.121. The van der Waals surface area contributed by atoms with Gasteiger partial charge in [0.1, 0.15) is 6.04 Å². The summed E-state index contributed by atoms with van der Waals surface area (Å²) in [7, 11) is 1.65. The van der Waals surface area contributed by atoms with Gasteiger partial charge in [-0.2, -0.15) is 0 Å². The second-order valence-corrected chi connectivity index (χ2v) is 5.32. The third kappa shape index (κ3) is 5.61. The van der Waals surface area contributed by atoms with Crippen LogP contribution in [0.15, 0.2) is 22.7 Å². The van der Waals surface area contributed by atoms with Gasteiger partial charge in [-0.05, 0) is 38.0 Å². The van der Waals surface area contributed by atoms with Gasteiger partial charge in [0.2, 0.25) is 5.91 Å². The van der Waals surface area contributed by atoms with E-state index < -0.39 is 0 Å². The molecule has 1 aromatic rings. The summed E-state index contributed by atoms with van der Waals surface area (Å²) in [5.74, 6) is -0.00667. The molecule has 1 unspecified atom stereocenters. The van der Waals surface area contributed by atoms with Crippen molar-refractivity contribution in [2.45, 2.75) is 26.3 Å². The fraction of sp³-hybridized carbons (Fsp3) is 0.500. The number of hydrogen-bond acceptors (Lipinski definition) is 3. The molecule has 106 valence electrons. The molecular formula is C14H21BrN2O2. The van der Waals surface area contributed by atoms with Crippen LogP contribution >= 0.6 is 15.9 Å². The van der Waals surface area contributed by atoms with Gasteiger partial charge in [0.25, 0.3) is 0 Å². The normalized spacial score (nSPS) is 12.0. The van der Waals surface area contributed by atoms with Crippen LogP contribution in [-0.2, 0) is 9.53 Å². The summed E-state index contributed by atoms with van der Waals surface area (Å²) >= 11 is 3.48. The summed E-state index contributed by atoms with van der Waals surface area (Å²) in [4.78, 5) is 11.8. The number of amides is 1. The molecule has 1 atom stereocenters. The highest BCUT2D eigenvalue weighted by Crippen LogP contribution is 2.21. The van der Waals surface area contributed by atoms with E-state index in [0.29, 0.717) is 13.2 Å². The molecule has 2 N–H and O–H groups in total. The number of hydrogen-bond donors (Lipinski definition) is 2. The second kappa shape index (κ2) is 8.17. The first-order valence-electron chi connectivity index (χ1n) is 6.34. The Hall–Kier alpha value is -1.07. The van der Waals surface area contributed by atoms with Gasteiger partial charge >= 0.3 is 0 Å². The quantitative estimate of drug-likeness (QED) is 0.756. The van der Waals surface area contributed by atoms with Gasteiger partial charge in [-0.1, -0.05) is 22.0 Å². The molecule has 0 radical (unpaired) electrons. The third-order valence-electron chi connectivity index (χ3n) is 2.77. The Morgan fingerprint density at radius 1 is 1.47 bits per heavy atom. The molecule has 5 heteroatoms. The zero-order valence-electron chi connectivity index (χ0n) is 11.6. The highest BCUT2D eigenvalue weighted by atomic mass is 79.9. The van der Waals surface area contributed by atoms with Gasteiger partial charge in [-0.3, -0.25) is 4.79 Å². The van der Waals surface area contributed by atoms with Crippen molar-refractivity contribution in [3.05, 3.63) is 28.2 Å². The Labute approximate surface area is 123 Å². The van der Waals surface area contributed by atoms with Crippen molar-refractivity contribution in [1.29, 1.82) is 0 Å². The monoisotopic (exact) mass is 328 g/mol. The minimum Gasteiger partial charge on any atom is -0.385 e. The second-order valence-electron chi connectivity index (χ2n) is 4.47. The van der Waals surface area contributed by atoms with Gasteiger partial charge in [-0.15, -0.1) is 0 Å². The maximum atomic E-state index is 11.8. The molecule has 0 fully saturated rings. The molecule has 0 aliphatic heterocycles. The molecule has 1 rings (SSSR count). The smallest absolute Gasteiger partial charge is 0.242 e. The maximum absolute atomic E-state index is 11.8. The molecule has 0 aliphatic carbocycles. The summed E-state index contributed by atoms with van der Waals surface area (Å²) in [5.41, 5.74) is 2.10. The van der Waals surface area contributed by atoms with E-state index >= 15 is 0 Å². The van der Waals surface area contributed by atoms with Gasteiger partial charge in [-0.25, -0.2) is 0 Å². The van der Waals surface area contributed by atoms with Crippen molar-refractivity contribution in [3.63, 3.8) is 0 Å². The summed E-state index contributed by atoms with van der Waals surface area (Å²) in [6, 6.07) is 5.69. The van der Waals surface area contributed by atoms with Crippen molar-refractivity contribution in [2.24, 2.45) is 0 Å². The van der Waals surface area contributed by atoms with Crippen LogP contribution in [0.1, 0.15) is 18.9 Å². The summed E-state index contributed by atoms with van der Waals surface area (Å²) < 4.78 is 5.96. The molecule has 0 aromatic heterocycles. The van der Waals surface area contributed by atoms with Crippen molar-refractivity contribution >= 4 is 27.5 Å². The highest BCUT2D eigenvalue weighted by Gasteiger charge is 2.11. The average Bonchev–Trinajstić information content (AvgIpc) is 2.38. The molecule has 0 spiro atoms. The van der Waals surface area contributed by atoms with Crippen LogP contribution in [0.5, 0.6) is 0 Å². The van der Waals surface area contributed by atoms with Crippen LogP contribution in [0.25, 0.3) is 0 Å². The number of methoxy groups -OCH3 is 1. The predicted molar refractivity (Wildman–Crippen MR) is 81.5 cm³/mol. The molecule has 0 saturated heterocycles. The van der Waals surface area contributed by atoms with E-state index in [0.717, 1.165) is 16.6 Å². The number of aryl methyl sites for hydroxylation is 1. The fourth-order valence-electron chi connectivity index (χ4n) is 1.58. The van der Waals surface area contributed by atoms with Crippen LogP contribution in [0.2, 0.25) is 0 Å². The van der Waals surface area contributed by atoms with Crippen LogP contribution in [0.3, 0.4) is 0 Å². The number of ether oxygens (including phenoxy) is 1.